The fourth-order valence-electron chi connectivity index (χ4n) is 1.63. The van der Waals surface area contributed by atoms with Crippen molar-refractivity contribution in [2.75, 3.05) is 19.7 Å². The van der Waals surface area contributed by atoms with Crippen LogP contribution in [0.1, 0.15) is 19.3 Å². The zero-order valence-electron chi connectivity index (χ0n) is 11.3. The molecule has 0 aliphatic rings. The van der Waals surface area contributed by atoms with E-state index in [0.717, 1.165) is 19.4 Å². The molecule has 0 saturated heterocycles. The Morgan fingerprint density at radius 3 is 2.95 bits per heavy atom. The number of primary amides is 1. The molecule has 1 amide bonds. The molecule has 0 aliphatic carbocycles. The van der Waals surface area contributed by atoms with Crippen LogP contribution in [0.4, 0.5) is 0 Å². The maximum atomic E-state index is 10.5. The minimum Gasteiger partial charge on any atom is -0.491 e. The third-order valence-corrected chi connectivity index (χ3v) is 2.88. The summed E-state index contributed by atoms with van der Waals surface area (Å²) in [5.41, 5.74) is 5.04. The zero-order valence-corrected chi connectivity index (χ0v) is 12.1. The van der Waals surface area contributed by atoms with Crippen LogP contribution in [-0.4, -0.2) is 36.8 Å². The Morgan fingerprint density at radius 1 is 1.45 bits per heavy atom. The quantitative estimate of drug-likeness (QED) is 0.569. The maximum Gasteiger partial charge on any atom is 0.217 e. The Hall–Kier alpha value is -1.30. The summed E-state index contributed by atoms with van der Waals surface area (Å²) in [7, 11) is 0. The van der Waals surface area contributed by atoms with E-state index in [2.05, 4.69) is 5.32 Å². The van der Waals surface area contributed by atoms with Gasteiger partial charge in [0, 0.05) is 18.0 Å². The predicted molar refractivity (Wildman–Crippen MR) is 78.9 cm³/mol. The van der Waals surface area contributed by atoms with Crippen molar-refractivity contribution in [3.05, 3.63) is 29.3 Å². The highest BCUT2D eigenvalue weighted by molar-refractivity contribution is 6.30. The number of carbonyl (C=O) groups is 1. The van der Waals surface area contributed by atoms with Crippen LogP contribution in [0.5, 0.6) is 5.75 Å². The second-order valence-corrected chi connectivity index (χ2v) is 4.99. The van der Waals surface area contributed by atoms with Gasteiger partial charge in [-0.2, -0.15) is 0 Å². The Labute approximate surface area is 124 Å². The van der Waals surface area contributed by atoms with Crippen molar-refractivity contribution in [2.45, 2.75) is 25.4 Å². The van der Waals surface area contributed by atoms with Gasteiger partial charge >= 0.3 is 0 Å². The molecule has 0 radical (unpaired) electrons. The Kier molecular flexibility index (Phi) is 8.02. The molecule has 4 N–H and O–H groups in total. The van der Waals surface area contributed by atoms with Crippen LogP contribution in [0.25, 0.3) is 0 Å². The van der Waals surface area contributed by atoms with Gasteiger partial charge in [0.1, 0.15) is 18.5 Å². The lowest BCUT2D eigenvalue weighted by Gasteiger charge is -2.13. The number of halogens is 1. The third kappa shape index (κ3) is 7.99. The molecule has 6 heteroatoms. The van der Waals surface area contributed by atoms with Gasteiger partial charge in [-0.15, -0.1) is 0 Å². The number of rotatable bonds is 10. The van der Waals surface area contributed by atoms with Gasteiger partial charge in [0.05, 0.1) is 0 Å². The summed E-state index contributed by atoms with van der Waals surface area (Å²) in [5, 5.41) is 13.4. The summed E-state index contributed by atoms with van der Waals surface area (Å²) < 4.78 is 5.42. The topological polar surface area (TPSA) is 84.6 Å². The highest BCUT2D eigenvalue weighted by atomic mass is 35.5. The molecule has 1 aromatic carbocycles. The minimum atomic E-state index is -0.592. The summed E-state index contributed by atoms with van der Waals surface area (Å²) in [6, 6.07) is 7.04. The number of amides is 1. The molecular formula is C14H21ClN2O3. The Bertz CT molecular complexity index is 415. The minimum absolute atomic E-state index is 0.203. The summed E-state index contributed by atoms with van der Waals surface area (Å²) >= 11 is 5.83. The second-order valence-electron chi connectivity index (χ2n) is 4.55. The zero-order chi connectivity index (χ0) is 14.8. The monoisotopic (exact) mass is 300 g/mol. The SMILES string of the molecule is NC(=O)CCCCNCC(O)COc1cccc(Cl)c1. The Morgan fingerprint density at radius 2 is 2.25 bits per heavy atom. The number of hydrogen-bond donors (Lipinski definition) is 3. The van der Waals surface area contributed by atoms with Crippen molar-refractivity contribution in [3.63, 3.8) is 0 Å². The highest BCUT2D eigenvalue weighted by Crippen LogP contribution is 2.17. The molecule has 1 rings (SSSR count). The van der Waals surface area contributed by atoms with Crippen molar-refractivity contribution in [2.24, 2.45) is 5.73 Å². The number of ether oxygens (including phenoxy) is 1. The van der Waals surface area contributed by atoms with Gasteiger partial charge in [0.25, 0.3) is 0 Å². The number of aliphatic hydroxyl groups excluding tert-OH is 1. The van der Waals surface area contributed by atoms with Crippen molar-refractivity contribution in [1.29, 1.82) is 0 Å². The van der Waals surface area contributed by atoms with Crippen LogP contribution < -0.4 is 15.8 Å². The van der Waals surface area contributed by atoms with E-state index >= 15 is 0 Å². The number of benzene rings is 1. The molecular weight excluding hydrogens is 280 g/mol. The van der Waals surface area contributed by atoms with Gasteiger partial charge < -0.3 is 20.9 Å². The molecule has 1 aromatic rings. The molecule has 0 saturated carbocycles. The predicted octanol–water partition coefficient (Wildman–Crippen LogP) is 1.32. The molecule has 20 heavy (non-hydrogen) atoms. The van der Waals surface area contributed by atoms with Crippen LogP contribution in [0, 0.1) is 0 Å². The van der Waals surface area contributed by atoms with Crippen LogP contribution in [-0.2, 0) is 4.79 Å². The van der Waals surface area contributed by atoms with Gasteiger partial charge in [0.15, 0.2) is 0 Å². The first-order valence-electron chi connectivity index (χ1n) is 6.63. The number of unbranched alkanes of at least 4 members (excludes halogenated alkanes) is 1. The van der Waals surface area contributed by atoms with Gasteiger partial charge in [-0.1, -0.05) is 17.7 Å². The normalized spacial score (nSPS) is 12.1. The molecule has 0 aromatic heterocycles. The second kappa shape index (κ2) is 9.58. The van der Waals surface area contributed by atoms with E-state index in [1.165, 1.54) is 0 Å². The lowest BCUT2D eigenvalue weighted by atomic mass is 10.2. The number of nitrogens with one attached hydrogen (secondary N) is 1. The van der Waals surface area contributed by atoms with E-state index in [1.54, 1.807) is 24.3 Å². The first kappa shape index (κ1) is 16.8. The summed E-state index contributed by atoms with van der Waals surface area (Å²) in [5.74, 6) is 0.359. The molecule has 0 fully saturated rings. The van der Waals surface area contributed by atoms with E-state index in [-0.39, 0.29) is 12.5 Å². The average molecular weight is 301 g/mol. The molecule has 0 heterocycles. The van der Waals surface area contributed by atoms with Crippen LogP contribution in [0.15, 0.2) is 24.3 Å². The van der Waals surface area contributed by atoms with Gasteiger partial charge in [-0.25, -0.2) is 0 Å². The maximum absolute atomic E-state index is 10.5. The van der Waals surface area contributed by atoms with E-state index in [4.69, 9.17) is 22.1 Å². The number of carbonyl (C=O) groups excluding carboxylic acids is 1. The van der Waals surface area contributed by atoms with E-state index in [0.29, 0.717) is 23.7 Å². The van der Waals surface area contributed by atoms with E-state index in [9.17, 15) is 9.90 Å². The smallest absolute Gasteiger partial charge is 0.217 e. The van der Waals surface area contributed by atoms with Crippen LogP contribution in [0.2, 0.25) is 5.02 Å². The van der Waals surface area contributed by atoms with Crippen molar-refractivity contribution in [1.82, 2.24) is 5.32 Å². The first-order valence-corrected chi connectivity index (χ1v) is 7.01. The molecule has 0 aliphatic heterocycles. The van der Waals surface area contributed by atoms with Crippen molar-refractivity contribution in [3.8, 4) is 5.75 Å². The first-order chi connectivity index (χ1) is 9.58. The van der Waals surface area contributed by atoms with Crippen LogP contribution in [0.3, 0.4) is 0 Å². The molecule has 1 atom stereocenters. The highest BCUT2D eigenvalue weighted by Gasteiger charge is 2.05. The van der Waals surface area contributed by atoms with Crippen LogP contribution >= 0.6 is 11.6 Å². The molecule has 112 valence electrons. The van der Waals surface area contributed by atoms with Gasteiger partial charge in [-0.3, -0.25) is 4.79 Å². The molecule has 1 unspecified atom stereocenters. The standard InChI is InChI=1S/C14H21ClN2O3/c15-11-4-3-5-13(8-11)20-10-12(18)9-17-7-2-1-6-14(16)19/h3-5,8,12,17-18H,1-2,6-7,9-10H2,(H2,16,19). The number of aliphatic hydroxyl groups is 1. The van der Waals surface area contributed by atoms with Gasteiger partial charge in [0.2, 0.25) is 5.91 Å². The van der Waals surface area contributed by atoms with Gasteiger partial charge in [-0.05, 0) is 37.6 Å². The fourth-order valence-corrected chi connectivity index (χ4v) is 1.81. The summed E-state index contributed by atoms with van der Waals surface area (Å²) in [6.07, 6.45) is 1.43. The van der Waals surface area contributed by atoms with Crippen molar-refractivity contribution < 1.29 is 14.6 Å². The third-order valence-electron chi connectivity index (χ3n) is 2.65. The largest absolute Gasteiger partial charge is 0.491 e. The average Bonchev–Trinajstić information content (AvgIpc) is 2.40. The lowest BCUT2D eigenvalue weighted by molar-refractivity contribution is -0.118. The summed E-state index contributed by atoms with van der Waals surface area (Å²) in [4.78, 5) is 10.5. The molecule has 0 spiro atoms. The summed E-state index contributed by atoms with van der Waals surface area (Å²) in [6.45, 7) is 1.38. The van der Waals surface area contributed by atoms with Crippen molar-refractivity contribution >= 4 is 17.5 Å². The lowest BCUT2D eigenvalue weighted by Crippen LogP contribution is -2.32. The van der Waals surface area contributed by atoms with E-state index < -0.39 is 6.10 Å². The molecule has 0 bridgehead atoms. The molecule has 5 nitrogen and oxygen atoms in total. The number of hydrogen-bond acceptors (Lipinski definition) is 4. The van der Waals surface area contributed by atoms with E-state index in [1.807, 2.05) is 0 Å². The Balaban J connectivity index is 2.06. The number of nitrogens with two attached hydrogens (primary N) is 1. The fraction of sp³-hybridized carbons (Fsp3) is 0.500.